The number of hydrogen-bond acceptors (Lipinski definition) is 2. The number of nitrogens with one attached hydrogen (secondary N) is 1. The van der Waals surface area contributed by atoms with Gasteiger partial charge in [0.05, 0.1) is 16.3 Å². The van der Waals surface area contributed by atoms with Crippen molar-refractivity contribution in [3.8, 4) is 0 Å². The Bertz CT molecular complexity index is 462. The molecule has 0 saturated carbocycles. The third-order valence-electron chi connectivity index (χ3n) is 3.49. The molecular formula is C14H18ClF3N2. The van der Waals surface area contributed by atoms with Gasteiger partial charge in [0.25, 0.3) is 0 Å². The lowest BCUT2D eigenvalue weighted by molar-refractivity contribution is -0.137. The number of alkyl halides is 3. The molecule has 2 rings (SSSR count). The Kier molecular flexibility index (Phi) is 4.81. The lowest BCUT2D eigenvalue weighted by Crippen LogP contribution is -2.33. The van der Waals surface area contributed by atoms with Gasteiger partial charge < -0.3 is 10.2 Å². The van der Waals surface area contributed by atoms with Gasteiger partial charge in [0, 0.05) is 19.1 Å². The maximum atomic E-state index is 12.8. The smallest absolute Gasteiger partial charge is 0.369 e. The molecule has 1 aromatic carbocycles. The number of hydrogen-bond donors (Lipinski definition) is 1. The van der Waals surface area contributed by atoms with E-state index in [9.17, 15) is 13.2 Å². The van der Waals surface area contributed by atoms with Crippen LogP contribution in [-0.2, 0) is 6.18 Å². The molecule has 1 N–H and O–H groups in total. The molecule has 6 heteroatoms. The lowest BCUT2D eigenvalue weighted by atomic mass is 10.2. The molecule has 0 amide bonds. The van der Waals surface area contributed by atoms with Crippen molar-refractivity contribution in [2.75, 3.05) is 24.5 Å². The predicted octanol–water partition coefficient (Wildman–Crippen LogP) is 3.94. The van der Waals surface area contributed by atoms with E-state index >= 15 is 0 Å². The first-order valence-electron chi connectivity index (χ1n) is 6.77. The molecule has 1 heterocycles. The third-order valence-corrected chi connectivity index (χ3v) is 3.81. The van der Waals surface area contributed by atoms with Crippen molar-refractivity contribution >= 4 is 17.3 Å². The first-order valence-corrected chi connectivity index (χ1v) is 7.14. The number of halogens is 4. The van der Waals surface area contributed by atoms with Crippen molar-refractivity contribution in [3.05, 3.63) is 28.8 Å². The minimum Gasteiger partial charge on any atom is -0.369 e. The summed E-state index contributed by atoms with van der Waals surface area (Å²) in [6.45, 7) is 4.43. The van der Waals surface area contributed by atoms with Crippen LogP contribution in [-0.4, -0.2) is 25.7 Å². The molecule has 20 heavy (non-hydrogen) atoms. The van der Waals surface area contributed by atoms with E-state index in [0.29, 0.717) is 23.3 Å². The molecule has 1 saturated heterocycles. The number of benzene rings is 1. The van der Waals surface area contributed by atoms with E-state index in [1.165, 1.54) is 6.07 Å². The summed E-state index contributed by atoms with van der Waals surface area (Å²) in [6.07, 6.45) is -2.37. The first-order chi connectivity index (χ1) is 9.41. The highest BCUT2D eigenvalue weighted by Gasteiger charge is 2.32. The lowest BCUT2D eigenvalue weighted by Gasteiger charge is -2.21. The highest BCUT2D eigenvalue weighted by molar-refractivity contribution is 6.33. The van der Waals surface area contributed by atoms with Crippen molar-refractivity contribution in [3.63, 3.8) is 0 Å². The van der Waals surface area contributed by atoms with Crippen LogP contribution in [0.25, 0.3) is 0 Å². The van der Waals surface area contributed by atoms with Gasteiger partial charge in [0.15, 0.2) is 0 Å². The Morgan fingerprint density at radius 3 is 2.80 bits per heavy atom. The zero-order chi connectivity index (χ0) is 14.8. The van der Waals surface area contributed by atoms with E-state index in [1.54, 1.807) is 0 Å². The first kappa shape index (κ1) is 15.4. The molecule has 1 aliphatic rings. The molecule has 0 aliphatic carbocycles. The fourth-order valence-electron chi connectivity index (χ4n) is 2.43. The van der Waals surface area contributed by atoms with E-state index in [4.69, 9.17) is 11.6 Å². The molecular weight excluding hydrogens is 289 g/mol. The van der Waals surface area contributed by atoms with Gasteiger partial charge in [-0.05, 0) is 37.6 Å². The summed E-state index contributed by atoms with van der Waals surface area (Å²) in [5.41, 5.74) is -0.177. The third kappa shape index (κ3) is 3.58. The topological polar surface area (TPSA) is 15.3 Å². The van der Waals surface area contributed by atoms with Crippen LogP contribution in [0.3, 0.4) is 0 Å². The average molecular weight is 307 g/mol. The highest BCUT2D eigenvalue weighted by Crippen LogP contribution is 2.36. The molecule has 1 aliphatic heterocycles. The van der Waals surface area contributed by atoms with Gasteiger partial charge in [-0.15, -0.1) is 0 Å². The van der Waals surface area contributed by atoms with Crippen molar-refractivity contribution < 1.29 is 13.2 Å². The van der Waals surface area contributed by atoms with Crippen LogP contribution in [0.2, 0.25) is 5.02 Å². The Labute approximate surface area is 121 Å². The van der Waals surface area contributed by atoms with Crippen LogP contribution < -0.4 is 10.2 Å². The van der Waals surface area contributed by atoms with Crippen molar-refractivity contribution in [2.24, 2.45) is 0 Å². The van der Waals surface area contributed by atoms with Crippen LogP contribution >= 0.6 is 11.6 Å². The van der Waals surface area contributed by atoms with Crippen molar-refractivity contribution in [1.29, 1.82) is 0 Å². The number of rotatable bonds is 4. The minimum absolute atomic E-state index is 0.320. The molecule has 0 aromatic heterocycles. The van der Waals surface area contributed by atoms with Gasteiger partial charge >= 0.3 is 6.18 Å². The summed E-state index contributed by atoms with van der Waals surface area (Å²) < 4.78 is 38.3. The van der Waals surface area contributed by atoms with E-state index < -0.39 is 11.7 Å². The number of anilines is 1. The molecule has 1 fully saturated rings. The molecule has 2 nitrogen and oxygen atoms in total. The summed E-state index contributed by atoms with van der Waals surface area (Å²) in [5, 5.41) is 3.76. The fraction of sp³-hybridized carbons (Fsp3) is 0.571. The van der Waals surface area contributed by atoms with E-state index in [-0.39, 0.29) is 0 Å². The largest absolute Gasteiger partial charge is 0.416 e. The molecule has 0 spiro atoms. The molecule has 0 radical (unpaired) electrons. The normalized spacial score (nSPS) is 19.6. The molecule has 1 aromatic rings. The fourth-order valence-corrected chi connectivity index (χ4v) is 2.66. The predicted molar refractivity (Wildman–Crippen MR) is 75.4 cm³/mol. The number of nitrogens with zero attached hydrogens (tertiary/aromatic N) is 1. The molecule has 1 unspecified atom stereocenters. The summed E-state index contributed by atoms with van der Waals surface area (Å²) in [4.78, 5) is 1.92. The van der Waals surface area contributed by atoms with Crippen molar-refractivity contribution in [1.82, 2.24) is 5.32 Å². The van der Waals surface area contributed by atoms with Crippen LogP contribution in [0.1, 0.15) is 25.3 Å². The van der Waals surface area contributed by atoms with Gasteiger partial charge in [-0.3, -0.25) is 0 Å². The second-order valence-electron chi connectivity index (χ2n) is 5.05. The van der Waals surface area contributed by atoms with Crippen molar-refractivity contribution in [2.45, 2.75) is 32.0 Å². The van der Waals surface area contributed by atoms with Crippen LogP contribution in [0.4, 0.5) is 18.9 Å². The average Bonchev–Trinajstić information content (AvgIpc) is 2.84. The Hall–Kier alpha value is -0.940. The second kappa shape index (κ2) is 6.22. The maximum absolute atomic E-state index is 12.8. The summed E-state index contributed by atoms with van der Waals surface area (Å²) in [6, 6.07) is 3.81. The molecule has 1 atom stereocenters. The molecule has 112 valence electrons. The summed E-state index contributed by atoms with van der Waals surface area (Å²) in [5.74, 6) is 0. The Morgan fingerprint density at radius 2 is 2.15 bits per heavy atom. The van der Waals surface area contributed by atoms with Crippen LogP contribution in [0.5, 0.6) is 0 Å². The van der Waals surface area contributed by atoms with Gasteiger partial charge in [0.1, 0.15) is 0 Å². The van der Waals surface area contributed by atoms with Gasteiger partial charge in [-0.1, -0.05) is 18.5 Å². The zero-order valence-electron chi connectivity index (χ0n) is 11.3. The van der Waals surface area contributed by atoms with Gasteiger partial charge in [0.2, 0.25) is 0 Å². The zero-order valence-corrected chi connectivity index (χ0v) is 12.1. The van der Waals surface area contributed by atoms with E-state index in [1.807, 2.05) is 4.90 Å². The maximum Gasteiger partial charge on any atom is 0.416 e. The SMILES string of the molecule is CCCNC1CCN(c2cc(C(F)(F)F)ccc2Cl)C1. The Balaban J connectivity index is 2.13. The van der Waals surface area contributed by atoms with Gasteiger partial charge in [-0.2, -0.15) is 13.2 Å². The highest BCUT2D eigenvalue weighted by atomic mass is 35.5. The quantitative estimate of drug-likeness (QED) is 0.906. The minimum atomic E-state index is -4.33. The summed E-state index contributed by atoms with van der Waals surface area (Å²) >= 11 is 6.05. The standard InChI is InChI=1S/C14H18ClF3N2/c1-2-6-19-11-5-7-20(9-11)13-8-10(14(16,17)18)3-4-12(13)15/h3-4,8,11,19H,2,5-7,9H2,1H3. The van der Waals surface area contributed by atoms with E-state index in [0.717, 1.165) is 38.1 Å². The van der Waals surface area contributed by atoms with Crippen LogP contribution in [0, 0.1) is 0 Å². The molecule has 0 bridgehead atoms. The Morgan fingerprint density at radius 1 is 1.40 bits per heavy atom. The van der Waals surface area contributed by atoms with E-state index in [2.05, 4.69) is 12.2 Å². The summed E-state index contributed by atoms with van der Waals surface area (Å²) in [7, 11) is 0. The monoisotopic (exact) mass is 306 g/mol. The van der Waals surface area contributed by atoms with Crippen LogP contribution in [0.15, 0.2) is 18.2 Å². The second-order valence-corrected chi connectivity index (χ2v) is 5.46. The van der Waals surface area contributed by atoms with Gasteiger partial charge in [-0.25, -0.2) is 0 Å².